The Hall–Kier alpha value is -4.47. The molecule has 0 spiro atoms. The first kappa shape index (κ1) is 29.6. The summed E-state index contributed by atoms with van der Waals surface area (Å²) in [5.74, 6) is 0.0352. The Morgan fingerprint density at radius 2 is 1.73 bits per heavy atom. The number of amides is 3. The van der Waals surface area contributed by atoms with E-state index in [0.29, 0.717) is 36.4 Å². The minimum Gasteiger partial charge on any atom is -0.490 e. The molecule has 44 heavy (non-hydrogen) atoms. The number of hydrogen-bond acceptors (Lipinski definition) is 6. The van der Waals surface area contributed by atoms with Crippen LogP contribution in [0.1, 0.15) is 40.1 Å². The number of likely N-dealkylation sites (N-methyl/N-ethyl adjacent to an activating group) is 1. The van der Waals surface area contributed by atoms with Crippen LogP contribution in [0, 0.1) is 0 Å². The Bertz CT molecular complexity index is 1610. The van der Waals surface area contributed by atoms with Gasteiger partial charge in [0.15, 0.2) is 0 Å². The van der Waals surface area contributed by atoms with Crippen LogP contribution >= 0.6 is 11.3 Å². The summed E-state index contributed by atoms with van der Waals surface area (Å²) in [5, 5.41) is 7.84. The quantitative estimate of drug-likeness (QED) is 0.268. The lowest BCUT2D eigenvalue weighted by molar-refractivity contribution is -0.134. The van der Waals surface area contributed by atoms with Gasteiger partial charge >= 0.3 is 0 Å². The molecule has 1 aromatic heterocycles. The van der Waals surface area contributed by atoms with Crippen LogP contribution in [-0.4, -0.2) is 54.5 Å². The average molecular weight is 610 g/mol. The molecule has 1 fully saturated rings. The van der Waals surface area contributed by atoms with Crippen LogP contribution in [0.5, 0.6) is 5.75 Å². The second-order valence-corrected chi connectivity index (χ2v) is 12.3. The number of carbonyl (C=O) groups is 3. The molecule has 6 rings (SSSR count). The zero-order chi connectivity index (χ0) is 30.5. The van der Waals surface area contributed by atoms with Crippen molar-refractivity contribution in [3.63, 3.8) is 0 Å². The number of nitrogens with one attached hydrogen (secondary N) is 2. The van der Waals surface area contributed by atoms with Gasteiger partial charge in [-0.2, -0.15) is 0 Å². The number of ether oxygens (including phenoxy) is 2. The summed E-state index contributed by atoms with van der Waals surface area (Å²) in [6, 6.07) is 27.1. The van der Waals surface area contributed by atoms with E-state index in [4.69, 9.17) is 9.47 Å². The molecule has 3 amide bonds. The highest BCUT2D eigenvalue weighted by atomic mass is 32.1. The van der Waals surface area contributed by atoms with Gasteiger partial charge in [0.05, 0.1) is 30.6 Å². The van der Waals surface area contributed by atoms with E-state index in [1.54, 1.807) is 30.1 Å². The van der Waals surface area contributed by atoms with E-state index in [9.17, 15) is 14.4 Å². The fourth-order valence-corrected chi connectivity index (χ4v) is 6.51. The highest BCUT2D eigenvalue weighted by Gasteiger charge is 2.39. The summed E-state index contributed by atoms with van der Waals surface area (Å²) < 4.78 is 12.4. The lowest BCUT2D eigenvalue weighted by Gasteiger charge is -2.42. The lowest BCUT2D eigenvalue weighted by atomic mass is 9.94. The third-order valence-electron chi connectivity index (χ3n) is 8.17. The van der Waals surface area contributed by atoms with E-state index in [-0.39, 0.29) is 55.4 Å². The molecule has 4 aromatic rings. The summed E-state index contributed by atoms with van der Waals surface area (Å²) in [5.41, 5.74) is 4.27. The van der Waals surface area contributed by atoms with Crippen LogP contribution in [0.15, 0.2) is 90.3 Å². The highest BCUT2D eigenvalue weighted by Crippen LogP contribution is 2.32. The Kier molecular flexibility index (Phi) is 9.04. The van der Waals surface area contributed by atoms with Gasteiger partial charge in [-0.25, -0.2) is 0 Å². The first-order valence-corrected chi connectivity index (χ1v) is 15.7. The monoisotopic (exact) mass is 609 g/mol. The number of carbonyl (C=O) groups excluding carboxylic acids is 3. The first-order chi connectivity index (χ1) is 21.4. The van der Waals surface area contributed by atoms with Crippen molar-refractivity contribution in [1.29, 1.82) is 0 Å². The van der Waals surface area contributed by atoms with Gasteiger partial charge < -0.3 is 25.0 Å². The highest BCUT2D eigenvalue weighted by molar-refractivity contribution is 7.10. The van der Waals surface area contributed by atoms with E-state index in [0.717, 1.165) is 21.6 Å². The van der Waals surface area contributed by atoms with Crippen molar-refractivity contribution >= 4 is 34.7 Å². The van der Waals surface area contributed by atoms with Crippen LogP contribution < -0.4 is 15.4 Å². The fraction of sp³-hybridized carbons (Fsp3) is 0.286. The molecule has 0 aliphatic carbocycles. The summed E-state index contributed by atoms with van der Waals surface area (Å²) >= 11 is 1.53. The van der Waals surface area contributed by atoms with E-state index in [1.165, 1.54) is 11.3 Å². The van der Waals surface area contributed by atoms with Gasteiger partial charge in [0.1, 0.15) is 18.5 Å². The van der Waals surface area contributed by atoms with Crippen LogP contribution in [0.25, 0.3) is 11.1 Å². The maximum absolute atomic E-state index is 13.5. The van der Waals surface area contributed by atoms with Crippen LogP contribution in [0.4, 0.5) is 5.69 Å². The zero-order valence-electron chi connectivity index (χ0n) is 24.5. The molecule has 0 bridgehead atoms. The van der Waals surface area contributed by atoms with Gasteiger partial charge in [0.2, 0.25) is 11.8 Å². The third kappa shape index (κ3) is 7.01. The van der Waals surface area contributed by atoms with Gasteiger partial charge in [0.25, 0.3) is 5.91 Å². The minimum atomic E-state index is -0.362. The molecular weight excluding hydrogens is 574 g/mol. The molecule has 226 valence electrons. The predicted octanol–water partition coefficient (Wildman–Crippen LogP) is 5.68. The number of thiophene rings is 1. The fourth-order valence-electron chi connectivity index (χ4n) is 5.81. The number of hydrogen-bond donors (Lipinski definition) is 2. The van der Waals surface area contributed by atoms with Crippen molar-refractivity contribution < 1.29 is 23.9 Å². The van der Waals surface area contributed by atoms with E-state index in [1.807, 2.05) is 47.8 Å². The number of nitrogens with zero attached hydrogens (tertiary/aromatic N) is 1. The maximum Gasteiger partial charge on any atom is 0.257 e. The van der Waals surface area contributed by atoms with Crippen molar-refractivity contribution in [3.8, 4) is 16.9 Å². The molecule has 1 saturated heterocycles. The molecule has 0 saturated carbocycles. The topological polar surface area (TPSA) is 97.0 Å². The number of rotatable bonds is 8. The second kappa shape index (κ2) is 13.4. The smallest absolute Gasteiger partial charge is 0.257 e. The predicted molar refractivity (Wildman–Crippen MR) is 171 cm³/mol. The molecule has 3 aromatic carbocycles. The number of anilines is 1. The molecule has 3 atom stereocenters. The van der Waals surface area contributed by atoms with Gasteiger partial charge in [-0.05, 0) is 59.2 Å². The zero-order valence-corrected chi connectivity index (χ0v) is 25.3. The van der Waals surface area contributed by atoms with Gasteiger partial charge in [-0.15, -0.1) is 11.3 Å². The maximum atomic E-state index is 13.5. The van der Waals surface area contributed by atoms with E-state index >= 15 is 0 Å². The molecule has 0 radical (unpaired) electrons. The van der Waals surface area contributed by atoms with Crippen LogP contribution in [0.2, 0.25) is 0 Å². The van der Waals surface area contributed by atoms with E-state index < -0.39 is 0 Å². The largest absolute Gasteiger partial charge is 0.490 e. The van der Waals surface area contributed by atoms with Crippen molar-refractivity contribution in [1.82, 2.24) is 10.2 Å². The standard InChI is InChI=1S/C35H35N3O5S/c1-38-30-15-14-27(19-33(39)36-21-23-9-11-25(12-10-23)24-6-3-2-4-7-24)43-32(30)22-42-31-16-13-26(18-29(31)35(38)41)37-34(40)20-28-8-5-17-44-28/h2-13,16-18,27,30,32H,14-15,19-22H2,1H3,(H,36,39)(H,37,40)/t27-,30-,32+/m1/s1. The Balaban J connectivity index is 1.03. The van der Waals surface area contributed by atoms with Gasteiger partial charge in [0, 0.05) is 24.2 Å². The normalized spacial score (nSPS) is 19.5. The third-order valence-corrected chi connectivity index (χ3v) is 9.05. The molecule has 2 N–H and O–H groups in total. The van der Waals surface area contributed by atoms with Crippen molar-refractivity contribution in [2.45, 2.75) is 50.5 Å². The Morgan fingerprint density at radius 1 is 0.932 bits per heavy atom. The molecular formula is C35H35N3O5S. The number of benzene rings is 3. The molecule has 2 aliphatic rings. The van der Waals surface area contributed by atoms with Crippen molar-refractivity contribution in [2.24, 2.45) is 0 Å². The van der Waals surface area contributed by atoms with Crippen molar-refractivity contribution in [3.05, 3.63) is 106 Å². The van der Waals surface area contributed by atoms with Gasteiger partial charge in [-0.1, -0.05) is 60.7 Å². The van der Waals surface area contributed by atoms with Crippen molar-refractivity contribution in [2.75, 3.05) is 19.0 Å². The Morgan fingerprint density at radius 3 is 2.50 bits per heavy atom. The number of fused-ring (bicyclic) bond motifs is 2. The molecule has 0 unspecified atom stereocenters. The summed E-state index contributed by atoms with van der Waals surface area (Å²) in [6.07, 6.45) is 1.25. The average Bonchev–Trinajstić information content (AvgIpc) is 3.55. The molecule has 3 heterocycles. The second-order valence-electron chi connectivity index (χ2n) is 11.2. The SMILES string of the molecule is CN1C(=O)c2cc(NC(=O)Cc3cccs3)ccc2OC[C@@H]2O[C@@H](CC(=O)NCc3ccc(-c4ccccc4)cc3)CC[C@H]21. The minimum absolute atomic E-state index is 0.0734. The van der Waals surface area contributed by atoms with E-state index in [2.05, 4.69) is 34.9 Å². The van der Waals surface area contributed by atoms with Crippen LogP contribution in [-0.2, 0) is 27.3 Å². The molecule has 2 aliphatic heterocycles. The summed E-state index contributed by atoms with van der Waals surface area (Å²) in [6.45, 7) is 0.700. The Labute approximate surface area is 261 Å². The molecule has 9 heteroatoms. The van der Waals surface area contributed by atoms with Crippen LogP contribution in [0.3, 0.4) is 0 Å². The first-order valence-electron chi connectivity index (χ1n) is 14.9. The summed E-state index contributed by atoms with van der Waals surface area (Å²) in [4.78, 5) is 41.5. The van der Waals surface area contributed by atoms with Gasteiger partial charge in [-0.3, -0.25) is 14.4 Å². The lowest BCUT2D eigenvalue weighted by Crippen LogP contribution is -2.53. The molecule has 8 nitrogen and oxygen atoms in total. The summed E-state index contributed by atoms with van der Waals surface area (Å²) in [7, 11) is 1.77.